The van der Waals surface area contributed by atoms with Crippen LogP contribution in [0.3, 0.4) is 0 Å². The zero-order valence-electron chi connectivity index (χ0n) is 10.4. The lowest BCUT2D eigenvalue weighted by atomic mass is 10.2. The highest BCUT2D eigenvalue weighted by Crippen LogP contribution is 2.11. The molecule has 0 saturated heterocycles. The molecule has 1 aromatic carbocycles. The predicted octanol–water partition coefficient (Wildman–Crippen LogP) is 2.59. The van der Waals surface area contributed by atoms with Gasteiger partial charge in [-0.25, -0.2) is 9.67 Å². The second-order valence-corrected chi connectivity index (χ2v) is 5.05. The van der Waals surface area contributed by atoms with E-state index in [0.29, 0.717) is 0 Å². The number of hydrogen-bond acceptors (Lipinski definition) is 3. The van der Waals surface area contributed by atoms with Crippen LogP contribution in [-0.4, -0.2) is 21.3 Å². The van der Waals surface area contributed by atoms with Crippen LogP contribution in [0, 0.1) is 0 Å². The van der Waals surface area contributed by atoms with E-state index < -0.39 is 0 Å². The maximum absolute atomic E-state index is 4.28. The van der Waals surface area contributed by atoms with E-state index in [1.165, 1.54) is 5.56 Å². The fourth-order valence-corrected chi connectivity index (χ4v) is 1.96. The van der Waals surface area contributed by atoms with E-state index in [9.17, 15) is 0 Å². The van der Waals surface area contributed by atoms with Gasteiger partial charge in [-0.15, -0.1) is 0 Å². The van der Waals surface area contributed by atoms with Gasteiger partial charge in [0, 0.05) is 4.47 Å². The normalized spacial score (nSPS) is 10.8. The molecule has 0 fully saturated rings. The molecule has 0 aliphatic rings. The summed E-state index contributed by atoms with van der Waals surface area (Å²) in [5, 5.41) is 7.61. The van der Waals surface area contributed by atoms with Gasteiger partial charge < -0.3 is 5.32 Å². The molecule has 0 saturated carbocycles. The summed E-state index contributed by atoms with van der Waals surface area (Å²) in [6.07, 6.45) is 2.74. The summed E-state index contributed by atoms with van der Waals surface area (Å²) in [5.74, 6) is 0.978. The molecule has 5 heteroatoms. The third-order valence-electron chi connectivity index (χ3n) is 2.65. The lowest BCUT2D eigenvalue weighted by Crippen LogP contribution is -2.18. The number of rotatable bonds is 6. The number of aromatic nitrogens is 3. The first-order chi connectivity index (χ1) is 8.79. The Bertz CT molecular complexity index is 478. The molecular weight excluding hydrogens is 292 g/mol. The molecule has 4 nitrogen and oxygen atoms in total. The lowest BCUT2D eigenvalue weighted by molar-refractivity contribution is 0.582. The van der Waals surface area contributed by atoms with Crippen LogP contribution in [0.4, 0.5) is 0 Å². The van der Waals surface area contributed by atoms with Gasteiger partial charge in [-0.2, -0.15) is 5.10 Å². The third-order valence-corrected chi connectivity index (χ3v) is 3.18. The molecule has 0 unspecified atom stereocenters. The van der Waals surface area contributed by atoms with Gasteiger partial charge in [-0.05, 0) is 30.7 Å². The van der Waals surface area contributed by atoms with E-state index >= 15 is 0 Å². The van der Waals surface area contributed by atoms with Crippen LogP contribution >= 0.6 is 15.9 Å². The van der Waals surface area contributed by atoms with Crippen molar-refractivity contribution >= 4 is 15.9 Å². The number of hydrogen-bond donors (Lipinski definition) is 1. The number of nitrogens with zero attached hydrogens (tertiary/aromatic N) is 3. The van der Waals surface area contributed by atoms with Crippen LogP contribution in [0.5, 0.6) is 0 Å². The van der Waals surface area contributed by atoms with Crippen molar-refractivity contribution in [3.05, 3.63) is 46.5 Å². The van der Waals surface area contributed by atoms with Gasteiger partial charge in [0.25, 0.3) is 0 Å². The lowest BCUT2D eigenvalue weighted by Gasteiger charge is -2.07. The summed E-state index contributed by atoms with van der Waals surface area (Å²) in [6.45, 7) is 4.69. The van der Waals surface area contributed by atoms with Crippen molar-refractivity contribution in [3.8, 4) is 0 Å². The fourth-order valence-electron chi connectivity index (χ4n) is 1.70. The molecule has 0 bridgehead atoms. The van der Waals surface area contributed by atoms with Crippen molar-refractivity contribution in [3.63, 3.8) is 0 Å². The number of halogens is 1. The van der Waals surface area contributed by atoms with Crippen LogP contribution in [-0.2, 0) is 13.1 Å². The second-order valence-electron chi connectivity index (χ2n) is 4.14. The smallest absolute Gasteiger partial charge is 0.141 e. The maximum atomic E-state index is 4.28. The first-order valence-electron chi connectivity index (χ1n) is 6.11. The molecule has 0 aliphatic heterocycles. The number of benzene rings is 1. The Morgan fingerprint density at radius 2 is 2.06 bits per heavy atom. The van der Waals surface area contributed by atoms with Crippen LogP contribution in [0.2, 0.25) is 0 Å². The molecule has 0 radical (unpaired) electrons. The molecule has 18 heavy (non-hydrogen) atoms. The number of nitrogens with one attached hydrogen (secondary N) is 1. The molecule has 1 heterocycles. The van der Waals surface area contributed by atoms with Gasteiger partial charge in [0.2, 0.25) is 0 Å². The van der Waals surface area contributed by atoms with Crippen molar-refractivity contribution in [2.45, 2.75) is 26.4 Å². The van der Waals surface area contributed by atoms with Crippen LogP contribution in [0.1, 0.15) is 24.7 Å². The monoisotopic (exact) mass is 308 g/mol. The first kappa shape index (κ1) is 13.2. The molecule has 0 atom stereocenters. The fraction of sp³-hybridized carbons (Fsp3) is 0.385. The standard InChI is InChI=1S/C13H17BrN4/c1-2-7-15-8-13-16-10-17-18(13)9-11-3-5-12(14)6-4-11/h3-6,10,15H,2,7-9H2,1H3. The summed E-state index contributed by atoms with van der Waals surface area (Å²) >= 11 is 3.44. The summed E-state index contributed by atoms with van der Waals surface area (Å²) < 4.78 is 3.03. The summed E-state index contributed by atoms with van der Waals surface area (Å²) in [7, 11) is 0. The van der Waals surface area contributed by atoms with Gasteiger partial charge in [0.1, 0.15) is 12.2 Å². The molecule has 0 aliphatic carbocycles. The predicted molar refractivity (Wildman–Crippen MR) is 75.3 cm³/mol. The van der Waals surface area contributed by atoms with Crippen LogP contribution in [0.25, 0.3) is 0 Å². The SMILES string of the molecule is CCCNCc1ncnn1Cc1ccc(Br)cc1. The minimum absolute atomic E-state index is 0.760. The molecule has 2 rings (SSSR count). The zero-order chi connectivity index (χ0) is 12.8. The summed E-state index contributed by atoms with van der Waals surface area (Å²) in [6, 6.07) is 8.27. The van der Waals surface area contributed by atoms with Crippen LogP contribution in [0.15, 0.2) is 35.1 Å². The highest BCUT2D eigenvalue weighted by molar-refractivity contribution is 9.10. The van der Waals surface area contributed by atoms with Gasteiger partial charge in [0.05, 0.1) is 13.1 Å². The Balaban J connectivity index is 2.00. The van der Waals surface area contributed by atoms with E-state index in [4.69, 9.17) is 0 Å². The molecule has 0 amide bonds. The van der Waals surface area contributed by atoms with Crippen molar-refractivity contribution in [1.82, 2.24) is 20.1 Å². The third kappa shape index (κ3) is 3.65. The van der Waals surface area contributed by atoms with Crippen molar-refractivity contribution in [1.29, 1.82) is 0 Å². The summed E-state index contributed by atoms with van der Waals surface area (Å²) in [5.41, 5.74) is 1.22. The quantitative estimate of drug-likeness (QED) is 0.834. The molecule has 1 aromatic heterocycles. The Morgan fingerprint density at radius 3 is 2.78 bits per heavy atom. The van der Waals surface area contributed by atoms with Gasteiger partial charge in [-0.1, -0.05) is 35.0 Å². The topological polar surface area (TPSA) is 42.7 Å². The minimum atomic E-state index is 0.760. The zero-order valence-corrected chi connectivity index (χ0v) is 12.0. The molecule has 96 valence electrons. The van der Waals surface area contributed by atoms with E-state index in [1.807, 2.05) is 16.8 Å². The van der Waals surface area contributed by atoms with E-state index in [2.05, 4.69) is 50.4 Å². The molecule has 1 N–H and O–H groups in total. The Morgan fingerprint density at radius 1 is 1.28 bits per heavy atom. The van der Waals surface area contributed by atoms with Crippen molar-refractivity contribution in [2.75, 3.05) is 6.54 Å². The highest BCUT2D eigenvalue weighted by atomic mass is 79.9. The maximum Gasteiger partial charge on any atom is 0.141 e. The van der Waals surface area contributed by atoms with E-state index in [0.717, 1.165) is 36.4 Å². The minimum Gasteiger partial charge on any atom is -0.310 e. The summed E-state index contributed by atoms with van der Waals surface area (Å²) in [4.78, 5) is 4.28. The van der Waals surface area contributed by atoms with E-state index in [1.54, 1.807) is 6.33 Å². The van der Waals surface area contributed by atoms with Gasteiger partial charge in [0.15, 0.2) is 0 Å². The molecular formula is C13H17BrN4. The molecule has 2 aromatic rings. The van der Waals surface area contributed by atoms with Crippen molar-refractivity contribution < 1.29 is 0 Å². The van der Waals surface area contributed by atoms with Crippen LogP contribution < -0.4 is 5.32 Å². The van der Waals surface area contributed by atoms with Gasteiger partial charge >= 0.3 is 0 Å². The van der Waals surface area contributed by atoms with E-state index in [-0.39, 0.29) is 0 Å². The Labute approximate surface area is 116 Å². The Kier molecular flexibility index (Phi) is 4.90. The second kappa shape index (κ2) is 6.66. The average Bonchev–Trinajstić information content (AvgIpc) is 2.80. The largest absolute Gasteiger partial charge is 0.310 e. The van der Waals surface area contributed by atoms with Gasteiger partial charge in [-0.3, -0.25) is 0 Å². The van der Waals surface area contributed by atoms with Crippen molar-refractivity contribution in [2.24, 2.45) is 0 Å². The first-order valence-corrected chi connectivity index (χ1v) is 6.90. The molecule has 0 spiro atoms. The Hall–Kier alpha value is -1.20. The average molecular weight is 309 g/mol. The highest BCUT2D eigenvalue weighted by Gasteiger charge is 2.04.